The van der Waals surface area contributed by atoms with Crippen molar-refractivity contribution in [3.8, 4) is 11.1 Å². The first-order valence-electron chi connectivity index (χ1n) is 11.9. The molecule has 0 saturated heterocycles. The Hall–Kier alpha value is -3.35. The molecule has 0 aliphatic heterocycles. The summed E-state index contributed by atoms with van der Waals surface area (Å²) in [7, 11) is 0. The number of hydrogen-bond acceptors (Lipinski definition) is 4. The van der Waals surface area contributed by atoms with Crippen molar-refractivity contribution >= 4 is 18.0 Å². The number of nitrogens with zero attached hydrogens (tertiary/aromatic N) is 1. The Labute approximate surface area is 201 Å². The number of carbonyl (C=O) groups is 3. The summed E-state index contributed by atoms with van der Waals surface area (Å²) in [6, 6.07) is 15.4. The molecule has 2 aromatic rings. The van der Waals surface area contributed by atoms with Crippen molar-refractivity contribution < 1.29 is 24.2 Å². The van der Waals surface area contributed by atoms with Crippen LogP contribution in [0.3, 0.4) is 0 Å². The Morgan fingerprint density at radius 1 is 1.00 bits per heavy atom. The van der Waals surface area contributed by atoms with Crippen LogP contribution in [-0.4, -0.2) is 53.7 Å². The molecule has 2 aromatic carbocycles. The smallest absolute Gasteiger partial charge is 0.407 e. The molecule has 3 rings (SSSR count). The third-order valence-corrected chi connectivity index (χ3v) is 6.71. The molecule has 2 amide bonds. The number of nitrogens with one attached hydrogen (secondary N) is 1. The molecule has 7 nitrogen and oxygen atoms in total. The van der Waals surface area contributed by atoms with Gasteiger partial charge >= 0.3 is 12.1 Å². The summed E-state index contributed by atoms with van der Waals surface area (Å²) in [5.74, 6) is -2.16. The van der Waals surface area contributed by atoms with Gasteiger partial charge in [-0.2, -0.15) is 0 Å². The van der Waals surface area contributed by atoms with E-state index in [1.54, 1.807) is 13.8 Å². The van der Waals surface area contributed by atoms with E-state index in [0.29, 0.717) is 13.0 Å². The van der Waals surface area contributed by atoms with Gasteiger partial charge in [0.15, 0.2) is 0 Å². The third-order valence-electron chi connectivity index (χ3n) is 6.71. The van der Waals surface area contributed by atoms with Crippen molar-refractivity contribution in [2.75, 3.05) is 19.7 Å². The molecule has 3 atom stereocenters. The van der Waals surface area contributed by atoms with Crippen LogP contribution in [-0.2, 0) is 14.3 Å². The molecule has 0 radical (unpaired) electrons. The van der Waals surface area contributed by atoms with Crippen LogP contribution in [0.4, 0.5) is 4.79 Å². The van der Waals surface area contributed by atoms with Gasteiger partial charge in [0.2, 0.25) is 5.91 Å². The van der Waals surface area contributed by atoms with E-state index >= 15 is 0 Å². The van der Waals surface area contributed by atoms with Crippen molar-refractivity contribution in [1.29, 1.82) is 0 Å². The minimum Gasteiger partial charge on any atom is -0.481 e. The molecule has 2 N–H and O–H groups in total. The fourth-order valence-corrected chi connectivity index (χ4v) is 4.43. The highest BCUT2D eigenvalue weighted by Crippen LogP contribution is 2.44. The zero-order chi connectivity index (χ0) is 24.8. The van der Waals surface area contributed by atoms with Gasteiger partial charge in [-0.3, -0.25) is 9.59 Å². The van der Waals surface area contributed by atoms with E-state index in [1.807, 2.05) is 38.1 Å². The molecule has 34 heavy (non-hydrogen) atoms. The van der Waals surface area contributed by atoms with Crippen LogP contribution in [0, 0.1) is 11.8 Å². The van der Waals surface area contributed by atoms with Gasteiger partial charge in [-0.1, -0.05) is 75.7 Å². The average molecular weight is 467 g/mol. The molecular weight excluding hydrogens is 432 g/mol. The first-order chi connectivity index (χ1) is 16.3. The second-order valence-corrected chi connectivity index (χ2v) is 8.95. The lowest BCUT2D eigenvalue weighted by Crippen LogP contribution is -2.53. The molecule has 0 bridgehead atoms. The molecule has 0 aromatic heterocycles. The van der Waals surface area contributed by atoms with Crippen molar-refractivity contribution in [1.82, 2.24) is 10.2 Å². The van der Waals surface area contributed by atoms with Gasteiger partial charge in [0.05, 0.1) is 5.92 Å². The predicted molar refractivity (Wildman–Crippen MR) is 131 cm³/mol. The molecule has 1 aliphatic rings. The first kappa shape index (κ1) is 25.3. The lowest BCUT2D eigenvalue weighted by Gasteiger charge is -2.30. The maximum Gasteiger partial charge on any atom is 0.407 e. The third kappa shape index (κ3) is 5.41. The van der Waals surface area contributed by atoms with Gasteiger partial charge in [0.25, 0.3) is 0 Å². The maximum atomic E-state index is 13.2. The summed E-state index contributed by atoms with van der Waals surface area (Å²) >= 11 is 0. The highest BCUT2D eigenvalue weighted by molar-refractivity contribution is 5.86. The highest BCUT2D eigenvalue weighted by Gasteiger charge is 2.33. The number of fused-ring (bicyclic) bond motifs is 3. The Morgan fingerprint density at radius 3 is 2.06 bits per heavy atom. The van der Waals surface area contributed by atoms with Crippen LogP contribution < -0.4 is 5.32 Å². The van der Waals surface area contributed by atoms with Crippen molar-refractivity contribution in [3.05, 3.63) is 59.7 Å². The number of carbonyl (C=O) groups excluding carboxylic acids is 2. The van der Waals surface area contributed by atoms with Crippen LogP contribution in [0.25, 0.3) is 11.1 Å². The van der Waals surface area contributed by atoms with E-state index in [-0.39, 0.29) is 30.9 Å². The molecular formula is C27H34N2O5. The number of rotatable bonds is 10. The molecule has 1 aliphatic carbocycles. The predicted octanol–water partition coefficient (Wildman–Crippen LogP) is 4.51. The van der Waals surface area contributed by atoms with Gasteiger partial charge in [-0.15, -0.1) is 0 Å². The number of ether oxygens (including phenoxy) is 1. The van der Waals surface area contributed by atoms with E-state index in [0.717, 1.165) is 22.3 Å². The van der Waals surface area contributed by atoms with E-state index in [1.165, 1.54) is 4.90 Å². The molecule has 7 heteroatoms. The Balaban J connectivity index is 1.70. The fourth-order valence-electron chi connectivity index (χ4n) is 4.43. The molecule has 1 unspecified atom stereocenters. The van der Waals surface area contributed by atoms with Gasteiger partial charge in [0.1, 0.15) is 12.6 Å². The number of amides is 2. The minimum absolute atomic E-state index is 0.0699. The van der Waals surface area contributed by atoms with Crippen LogP contribution in [0.15, 0.2) is 48.5 Å². The fraction of sp³-hybridized carbons (Fsp3) is 0.444. The van der Waals surface area contributed by atoms with Gasteiger partial charge < -0.3 is 20.1 Å². The van der Waals surface area contributed by atoms with E-state index in [4.69, 9.17) is 4.74 Å². The summed E-state index contributed by atoms with van der Waals surface area (Å²) in [5, 5.41) is 12.0. The number of alkyl carbamates (subject to hydrolysis) is 1. The van der Waals surface area contributed by atoms with Crippen LogP contribution in [0.1, 0.15) is 51.2 Å². The lowest BCUT2D eigenvalue weighted by atomic mass is 9.97. The normalized spacial score (nSPS) is 14.9. The number of hydrogen-bond donors (Lipinski definition) is 2. The summed E-state index contributed by atoms with van der Waals surface area (Å²) in [6.07, 6.45) is 0.0226. The van der Waals surface area contributed by atoms with Crippen molar-refractivity contribution in [3.63, 3.8) is 0 Å². The SMILES string of the molecule is CC[C@H](C)[C@H](NC(=O)OCC1c2ccccc2-c2ccccc21)C(=O)N(CC)CC(C)C(=O)O. The Bertz CT molecular complexity index is 992. The second kappa shape index (κ2) is 11.2. The number of carboxylic acid groups (broad SMARTS) is 1. The van der Waals surface area contributed by atoms with Crippen LogP contribution in [0.2, 0.25) is 0 Å². The van der Waals surface area contributed by atoms with Crippen molar-refractivity contribution in [2.45, 2.75) is 46.1 Å². The Kier molecular flexibility index (Phi) is 8.31. The number of carboxylic acids is 1. The summed E-state index contributed by atoms with van der Waals surface area (Å²) < 4.78 is 5.63. The number of likely N-dealkylation sites (N-methyl/N-ethyl adjacent to an activating group) is 1. The van der Waals surface area contributed by atoms with Crippen LogP contribution >= 0.6 is 0 Å². The quantitative estimate of drug-likeness (QED) is 0.537. The molecule has 0 heterocycles. The summed E-state index contributed by atoms with van der Waals surface area (Å²) in [5.41, 5.74) is 4.52. The standard InChI is InChI=1S/C27H34N2O5/c1-5-17(3)24(25(30)29(6-2)15-18(4)26(31)32)28-27(33)34-16-23-21-13-9-7-11-19(21)20-12-8-10-14-22(20)23/h7-14,17-18,23-24H,5-6,15-16H2,1-4H3,(H,28,33)(H,31,32)/t17-,18?,24-/m0/s1. The average Bonchev–Trinajstić information content (AvgIpc) is 3.17. The molecule has 0 saturated carbocycles. The first-order valence-corrected chi connectivity index (χ1v) is 11.9. The monoisotopic (exact) mass is 466 g/mol. The van der Waals surface area contributed by atoms with E-state index < -0.39 is 24.0 Å². The van der Waals surface area contributed by atoms with Gasteiger partial charge in [0, 0.05) is 19.0 Å². The topological polar surface area (TPSA) is 95.9 Å². The second-order valence-electron chi connectivity index (χ2n) is 8.95. The van der Waals surface area contributed by atoms with E-state index in [2.05, 4.69) is 29.6 Å². The molecule has 0 fully saturated rings. The number of aliphatic carboxylic acids is 1. The molecule has 182 valence electrons. The van der Waals surface area contributed by atoms with Gasteiger partial charge in [-0.25, -0.2) is 4.79 Å². The maximum absolute atomic E-state index is 13.2. The zero-order valence-electron chi connectivity index (χ0n) is 20.3. The largest absolute Gasteiger partial charge is 0.481 e. The van der Waals surface area contributed by atoms with E-state index in [9.17, 15) is 19.5 Å². The minimum atomic E-state index is -0.962. The lowest BCUT2D eigenvalue weighted by molar-refractivity contribution is -0.143. The summed E-state index contributed by atoms with van der Waals surface area (Å²) in [6.45, 7) is 7.80. The summed E-state index contributed by atoms with van der Waals surface area (Å²) in [4.78, 5) is 38.8. The highest BCUT2D eigenvalue weighted by atomic mass is 16.5. The number of benzene rings is 2. The zero-order valence-corrected chi connectivity index (χ0v) is 20.3. The molecule has 0 spiro atoms. The Morgan fingerprint density at radius 2 is 1.56 bits per heavy atom. The van der Waals surface area contributed by atoms with Gasteiger partial charge in [-0.05, 0) is 35.1 Å². The van der Waals surface area contributed by atoms with Crippen molar-refractivity contribution in [2.24, 2.45) is 11.8 Å². The van der Waals surface area contributed by atoms with Crippen LogP contribution in [0.5, 0.6) is 0 Å².